The molecule has 0 aromatic heterocycles. The van der Waals surface area contributed by atoms with E-state index in [-0.39, 0.29) is 35.4 Å². The molecule has 0 saturated carbocycles. The van der Waals surface area contributed by atoms with Crippen LogP contribution < -0.4 is 0 Å². The first kappa shape index (κ1) is 30.2. The van der Waals surface area contributed by atoms with Gasteiger partial charge < -0.3 is 23.4 Å². The number of hydrogen-bond acceptors (Lipinski definition) is 6. The van der Waals surface area contributed by atoms with Crippen LogP contribution in [0.4, 0.5) is 0 Å². The summed E-state index contributed by atoms with van der Waals surface area (Å²) in [5.41, 5.74) is -1.53. The number of carbonyl (C=O) groups is 2. The van der Waals surface area contributed by atoms with Crippen LogP contribution in [0.5, 0.6) is 0 Å². The van der Waals surface area contributed by atoms with Gasteiger partial charge >= 0.3 is 5.97 Å². The molecule has 0 aromatic rings. The van der Waals surface area contributed by atoms with Crippen molar-refractivity contribution >= 4 is 21.3 Å². The zero-order chi connectivity index (χ0) is 24.6. The molecule has 0 aliphatic heterocycles. The molecule has 0 heterocycles. The molecule has 6 nitrogen and oxygen atoms in total. The zero-order valence-corrected chi connectivity index (χ0v) is 23.2. The van der Waals surface area contributed by atoms with Gasteiger partial charge in [-0.15, -0.1) is 0 Å². The van der Waals surface area contributed by atoms with Crippen LogP contribution in [0.1, 0.15) is 68.2 Å². The molecule has 0 unspecified atom stereocenters. The molecule has 0 bridgehead atoms. The van der Waals surface area contributed by atoms with Crippen LogP contribution in [0.2, 0.25) is 13.1 Å². The maximum atomic E-state index is 12.1. The third-order valence-electron chi connectivity index (χ3n) is 5.51. The predicted octanol–water partition coefficient (Wildman–Crippen LogP) is 4.64. The number of ether oxygens (including phenoxy) is 3. The lowest BCUT2D eigenvalue weighted by atomic mass is 9.70. The Labute approximate surface area is 192 Å². The lowest BCUT2D eigenvalue weighted by Crippen LogP contribution is -2.48. The van der Waals surface area contributed by atoms with E-state index in [1.54, 1.807) is 14.2 Å². The van der Waals surface area contributed by atoms with Crippen LogP contribution in [-0.4, -0.2) is 59.9 Å². The fourth-order valence-electron chi connectivity index (χ4n) is 4.06. The molecule has 0 radical (unpaired) electrons. The standard InChI is InChI=1S/C24H48O6Si/c1-17(15-29-21(26)23(5,6)7)13-18(27-9)20(22(2,3)4)19(28-10)14-24(8,16-25)30-31(11)12/h16-20,31H,13-15H2,1-12H3/t17-,18+,19+,20-,24-/m1/s1. The van der Waals surface area contributed by atoms with E-state index in [1.807, 2.05) is 27.7 Å². The number of carbonyl (C=O) groups excluding carboxylic acids is 2. The second-order valence-corrected chi connectivity index (χ2v) is 13.8. The summed E-state index contributed by atoms with van der Waals surface area (Å²) in [4.78, 5) is 24.0. The second kappa shape index (κ2) is 12.5. The average Bonchev–Trinajstić information content (AvgIpc) is 2.61. The summed E-state index contributed by atoms with van der Waals surface area (Å²) >= 11 is 0. The molecule has 7 heteroatoms. The summed E-state index contributed by atoms with van der Waals surface area (Å²) in [6, 6.07) is 0. The van der Waals surface area contributed by atoms with Crippen LogP contribution in [0.3, 0.4) is 0 Å². The van der Waals surface area contributed by atoms with Gasteiger partial charge in [0, 0.05) is 26.6 Å². The fourth-order valence-corrected chi connectivity index (χ4v) is 5.29. The molecule has 5 atom stereocenters. The Balaban J connectivity index is 5.56. The van der Waals surface area contributed by atoms with Crippen molar-refractivity contribution < 1.29 is 28.2 Å². The number of aldehydes is 1. The molecular formula is C24H48O6Si. The van der Waals surface area contributed by atoms with E-state index in [2.05, 4.69) is 40.8 Å². The maximum absolute atomic E-state index is 12.1. The highest BCUT2D eigenvalue weighted by molar-refractivity contribution is 6.48. The fraction of sp³-hybridized carbons (Fsp3) is 0.917. The van der Waals surface area contributed by atoms with Crippen LogP contribution in [0.25, 0.3) is 0 Å². The van der Waals surface area contributed by atoms with Gasteiger partial charge in [0.25, 0.3) is 0 Å². The van der Waals surface area contributed by atoms with Crippen molar-refractivity contribution in [2.45, 2.75) is 99.1 Å². The lowest BCUT2D eigenvalue weighted by molar-refractivity contribution is -0.155. The summed E-state index contributed by atoms with van der Waals surface area (Å²) in [6.07, 6.45) is 1.74. The van der Waals surface area contributed by atoms with Crippen molar-refractivity contribution in [2.24, 2.45) is 22.7 Å². The van der Waals surface area contributed by atoms with Gasteiger partial charge in [0.1, 0.15) is 11.9 Å². The molecule has 31 heavy (non-hydrogen) atoms. The number of hydrogen-bond donors (Lipinski definition) is 0. The van der Waals surface area contributed by atoms with E-state index in [0.717, 1.165) is 6.29 Å². The molecular weight excluding hydrogens is 412 g/mol. The minimum absolute atomic E-state index is 0.0139. The minimum atomic E-state index is -1.41. The number of methoxy groups -OCH3 is 2. The Bertz CT molecular complexity index is 551. The largest absolute Gasteiger partial charge is 0.465 e. The highest BCUT2D eigenvalue weighted by atomic mass is 28.3. The van der Waals surface area contributed by atoms with Crippen LogP contribution in [-0.2, 0) is 28.2 Å². The first-order valence-corrected chi connectivity index (χ1v) is 14.2. The SMILES string of the molecule is CO[C@@H](C[C@@H](C)COC(=O)C(C)(C)C)[C@H]([C@H](C[C@](C)(C=O)O[SiH](C)C)OC)C(C)(C)C. The normalized spacial score (nSPS) is 18.7. The Morgan fingerprint density at radius 1 is 0.968 bits per heavy atom. The summed E-state index contributed by atoms with van der Waals surface area (Å²) in [5, 5.41) is 0. The van der Waals surface area contributed by atoms with E-state index in [1.165, 1.54) is 0 Å². The highest BCUT2D eigenvalue weighted by Crippen LogP contribution is 2.39. The highest BCUT2D eigenvalue weighted by Gasteiger charge is 2.43. The monoisotopic (exact) mass is 460 g/mol. The van der Waals surface area contributed by atoms with Gasteiger partial charge in [0.15, 0.2) is 9.04 Å². The molecule has 184 valence electrons. The van der Waals surface area contributed by atoms with Crippen LogP contribution in [0.15, 0.2) is 0 Å². The average molecular weight is 461 g/mol. The van der Waals surface area contributed by atoms with Crippen LogP contribution in [0, 0.1) is 22.7 Å². The van der Waals surface area contributed by atoms with Crippen molar-refractivity contribution in [3.05, 3.63) is 0 Å². The van der Waals surface area contributed by atoms with E-state index >= 15 is 0 Å². The van der Waals surface area contributed by atoms with Crippen molar-refractivity contribution in [3.63, 3.8) is 0 Å². The quantitative estimate of drug-likeness (QED) is 0.226. The van der Waals surface area contributed by atoms with Gasteiger partial charge in [0.2, 0.25) is 0 Å². The van der Waals surface area contributed by atoms with Crippen LogP contribution >= 0.6 is 0 Å². The third-order valence-corrected chi connectivity index (χ3v) is 6.52. The van der Waals surface area contributed by atoms with Gasteiger partial charge in [-0.25, -0.2) is 0 Å². The van der Waals surface area contributed by atoms with E-state index in [0.29, 0.717) is 19.4 Å². The van der Waals surface area contributed by atoms with Gasteiger partial charge in [-0.2, -0.15) is 0 Å². The van der Waals surface area contributed by atoms with Crippen molar-refractivity contribution in [3.8, 4) is 0 Å². The molecule has 0 aliphatic carbocycles. The Hall–Kier alpha value is -0.763. The molecule has 0 fully saturated rings. The van der Waals surface area contributed by atoms with Gasteiger partial charge in [-0.05, 0) is 58.5 Å². The summed E-state index contributed by atoms with van der Waals surface area (Å²) in [7, 11) is 1.98. The minimum Gasteiger partial charge on any atom is -0.465 e. The molecule has 0 amide bonds. The predicted molar refractivity (Wildman–Crippen MR) is 128 cm³/mol. The maximum Gasteiger partial charge on any atom is 0.311 e. The van der Waals surface area contributed by atoms with Gasteiger partial charge in [-0.1, -0.05) is 27.7 Å². The zero-order valence-electron chi connectivity index (χ0n) is 22.0. The van der Waals surface area contributed by atoms with Crippen molar-refractivity contribution in [2.75, 3.05) is 20.8 Å². The number of rotatable bonds is 13. The Morgan fingerprint density at radius 3 is 1.84 bits per heavy atom. The molecule has 0 saturated heterocycles. The van der Waals surface area contributed by atoms with E-state index in [4.69, 9.17) is 18.6 Å². The Kier molecular flexibility index (Phi) is 12.2. The van der Waals surface area contributed by atoms with Crippen molar-refractivity contribution in [1.29, 1.82) is 0 Å². The van der Waals surface area contributed by atoms with Crippen molar-refractivity contribution in [1.82, 2.24) is 0 Å². The molecule has 0 spiro atoms. The van der Waals surface area contributed by atoms with Gasteiger partial charge in [0.05, 0.1) is 24.2 Å². The number of esters is 1. The lowest BCUT2D eigenvalue weighted by Gasteiger charge is -2.44. The summed E-state index contributed by atoms with van der Waals surface area (Å²) in [5.74, 6) is -0.0671. The summed E-state index contributed by atoms with van der Waals surface area (Å²) in [6.45, 7) is 20.4. The second-order valence-electron chi connectivity index (χ2n) is 11.4. The molecule has 0 aromatic carbocycles. The van der Waals surface area contributed by atoms with E-state index in [9.17, 15) is 9.59 Å². The first-order valence-electron chi connectivity index (χ1n) is 11.4. The third kappa shape index (κ3) is 10.6. The molecule has 0 N–H and O–H groups in total. The smallest absolute Gasteiger partial charge is 0.311 e. The summed E-state index contributed by atoms with van der Waals surface area (Å²) < 4.78 is 23.5. The molecule has 0 aliphatic rings. The molecule has 0 rings (SSSR count). The van der Waals surface area contributed by atoms with E-state index < -0.39 is 20.1 Å². The van der Waals surface area contributed by atoms with Gasteiger partial charge in [-0.3, -0.25) is 4.79 Å². The topological polar surface area (TPSA) is 71.1 Å². The Morgan fingerprint density at radius 2 is 1.48 bits per heavy atom. The first-order chi connectivity index (χ1) is 14.0.